The Morgan fingerprint density at radius 1 is 1.21 bits per heavy atom. The van der Waals surface area contributed by atoms with Crippen LogP contribution in [-0.4, -0.2) is 29.0 Å². The Hall–Kier alpha value is -2.61. The molecule has 0 bridgehead atoms. The number of amides is 1. The van der Waals surface area contributed by atoms with Gasteiger partial charge in [-0.3, -0.25) is 9.59 Å². The molecule has 0 fully saturated rings. The van der Waals surface area contributed by atoms with Gasteiger partial charge in [-0.2, -0.15) is 0 Å². The number of hydrogen-bond donors (Lipinski definition) is 2. The van der Waals surface area contributed by atoms with Gasteiger partial charge in [-0.15, -0.1) is 0 Å². The van der Waals surface area contributed by atoms with Gasteiger partial charge >= 0.3 is 11.9 Å². The minimum absolute atomic E-state index is 0.0123. The number of carbonyl (C=O) groups is 3. The molecule has 126 valence electrons. The summed E-state index contributed by atoms with van der Waals surface area (Å²) in [4.78, 5) is 34.2. The monoisotopic (exact) mass is 395 g/mol. The molecule has 2 N–H and O–H groups in total. The van der Waals surface area contributed by atoms with Crippen molar-refractivity contribution in [2.45, 2.75) is 19.4 Å². The molecule has 0 saturated heterocycles. The fraction of sp³-hybridized carbons (Fsp3) is 0.188. The average Bonchev–Trinajstić information content (AvgIpc) is 2.94. The fourth-order valence-corrected chi connectivity index (χ4v) is 2.27. The number of ether oxygens (including phenoxy) is 1. The first-order valence-corrected chi connectivity index (χ1v) is 7.71. The predicted molar refractivity (Wildman–Crippen MR) is 86.8 cm³/mol. The molecule has 0 aliphatic rings. The van der Waals surface area contributed by atoms with E-state index in [2.05, 4.69) is 21.2 Å². The van der Waals surface area contributed by atoms with E-state index in [1.165, 1.54) is 13.0 Å². The van der Waals surface area contributed by atoms with Crippen LogP contribution in [-0.2, 0) is 16.0 Å². The van der Waals surface area contributed by atoms with Crippen molar-refractivity contribution in [2.75, 3.05) is 0 Å². The molecule has 2 aromatic rings. The zero-order valence-corrected chi connectivity index (χ0v) is 14.2. The maximum atomic E-state index is 12.0. The van der Waals surface area contributed by atoms with E-state index in [1.807, 2.05) is 0 Å². The van der Waals surface area contributed by atoms with Crippen LogP contribution in [0.5, 0.6) is 5.75 Å². The molecular weight excluding hydrogens is 382 g/mol. The number of nitrogens with one attached hydrogen (secondary N) is 1. The van der Waals surface area contributed by atoms with Gasteiger partial charge in [0.15, 0.2) is 10.4 Å². The van der Waals surface area contributed by atoms with Gasteiger partial charge in [-0.1, -0.05) is 12.1 Å². The lowest BCUT2D eigenvalue weighted by Gasteiger charge is -2.14. The van der Waals surface area contributed by atoms with E-state index in [9.17, 15) is 19.5 Å². The van der Waals surface area contributed by atoms with Gasteiger partial charge in [-0.05, 0) is 45.8 Å². The van der Waals surface area contributed by atoms with E-state index in [4.69, 9.17) is 9.15 Å². The Kier molecular flexibility index (Phi) is 5.75. The van der Waals surface area contributed by atoms with Gasteiger partial charge in [0, 0.05) is 13.3 Å². The van der Waals surface area contributed by atoms with Crippen LogP contribution >= 0.6 is 15.9 Å². The molecule has 24 heavy (non-hydrogen) atoms. The minimum Gasteiger partial charge on any atom is -0.480 e. The van der Waals surface area contributed by atoms with Crippen molar-refractivity contribution in [3.63, 3.8) is 0 Å². The molecule has 8 heteroatoms. The van der Waals surface area contributed by atoms with Crippen LogP contribution in [0.4, 0.5) is 0 Å². The van der Waals surface area contributed by atoms with Crippen molar-refractivity contribution in [3.05, 3.63) is 52.4 Å². The van der Waals surface area contributed by atoms with Crippen LogP contribution in [0.2, 0.25) is 0 Å². The summed E-state index contributed by atoms with van der Waals surface area (Å²) in [5.74, 6) is -1.85. The molecule has 2 rings (SSSR count). The largest absolute Gasteiger partial charge is 0.480 e. The second kappa shape index (κ2) is 7.78. The van der Waals surface area contributed by atoms with Crippen LogP contribution in [0.25, 0.3) is 0 Å². The van der Waals surface area contributed by atoms with Gasteiger partial charge in [-0.25, -0.2) is 4.79 Å². The molecule has 0 aliphatic heterocycles. The summed E-state index contributed by atoms with van der Waals surface area (Å²) in [6.45, 7) is 1.29. The summed E-state index contributed by atoms with van der Waals surface area (Å²) in [7, 11) is 0. The number of carboxylic acids is 1. The van der Waals surface area contributed by atoms with Crippen LogP contribution in [0.15, 0.2) is 45.5 Å². The lowest BCUT2D eigenvalue weighted by Crippen LogP contribution is -2.42. The highest BCUT2D eigenvalue weighted by Gasteiger charge is 2.22. The molecule has 1 aromatic carbocycles. The third-order valence-corrected chi connectivity index (χ3v) is 3.45. The number of hydrogen-bond acceptors (Lipinski definition) is 5. The molecule has 1 aromatic heterocycles. The minimum atomic E-state index is -1.17. The first-order chi connectivity index (χ1) is 11.3. The van der Waals surface area contributed by atoms with Crippen LogP contribution in [0.3, 0.4) is 0 Å². The Labute approximate surface area is 145 Å². The molecule has 1 heterocycles. The summed E-state index contributed by atoms with van der Waals surface area (Å²) in [5.41, 5.74) is 0.666. The van der Waals surface area contributed by atoms with Crippen molar-refractivity contribution >= 4 is 33.8 Å². The van der Waals surface area contributed by atoms with E-state index < -0.39 is 23.9 Å². The summed E-state index contributed by atoms with van der Waals surface area (Å²) in [6, 6.07) is 8.22. The quantitative estimate of drug-likeness (QED) is 0.574. The third kappa shape index (κ3) is 4.95. The molecule has 0 aliphatic carbocycles. The van der Waals surface area contributed by atoms with Crippen molar-refractivity contribution in [1.29, 1.82) is 0 Å². The van der Waals surface area contributed by atoms with Gasteiger partial charge in [0.2, 0.25) is 0 Å². The van der Waals surface area contributed by atoms with E-state index in [0.29, 0.717) is 16.0 Å². The number of furan rings is 1. The Bertz CT molecular complexity index is 752. The molecule has 0 saturated carbocycles. The third-order valence-electron chi connectivity index (χ3n) is 3.03. The van der Waals surface area contributed by atoms with Crippen molar-refractivity contribution < 1.29 is 28.6 Å². The lowest BCUT2D eigenvalue weighted by molar-refractivity contribution is -0.139. The highest BCUT2D eigenvalue weighted by atomic mass is 79.9. The Morgan fingerprint density at radius 3 is 2.38 bits per heavy atom. The number of esters is 1. The van der Waals surface area contributed by atoms with Crippen molar-refractivity contribution in [1.82, 2.24) is 5.32 Å². The SMILES string of the molecule is CC(=O)Oc1ccc(CC(NC(=O)c2ccc(Br)o2)C(=O)O)cc1. The predicted octanol–water partition coefficient (Wildman–Crippen LogP) is 2.39. The zero-order valence-electron chi connectivity index (χ0n) is 12.6. The van der Waals surface area contributed by atoms with Crippen LogP contribution < -0.4 is 10.1 Å². The highest BCUT2D eigenvalue weighted by molar-refractivity contribution is 9.10. The number of aliphatic carboxylic acids is 1. The Morgan fingerprint density at radius 2 is 1.88 bits per heavy atom. The van der Waals surface area contributed by atoms with Crippen molar-refractivity contribution in [2.24, 2.45) is 0 Å². The molecule has 7 nitrogen and oxygen atoms in total. The van der Waals surface area contributed by atoms with E-state index in [1.54, 1.807) is 30.3 Å². The second-order valence-corrected chi connectivity index (χ2v) is 5.69. The van der Waals surface area contributed by atoms with Crippen molar-refractivity contribution in [3.8, 4) is 5.75 Å². The van der Waals surface area contributed by atoms with Gasteiger partial charge < -0.3 is 19.6 Å². The highest BCUT2D eigenvalue weighted by Crippen LogP contribution is 2.16. The van der Waals surface area contributed by atoms with Gasteiger partial charge in [0.25, 0.3) is 5.91 Å². The molecule has 0 radical (unpaired) electrons. The first-order valence-electron chi connectivity index (χ1n) is 6.91. The maximum absolute atomic E-state index is 12.0. The number of rotatable bonds is 6. The summed E-state index contributed by atoms with van der Waals surface area (Å²) in [5, 5.41) is 11.7. The second-order valence-electron chi connectivity index (χ2n) is 4.91. The molecule has 1 atom stereocenters. The number of carboxylic acid groups (broad SMARTS) is 1. The normalized spacial score (nSPS) is 11.6. The summed E-state index contributed by atoms with van der Waals surface area (Å²) < 4.78 is 10.4. The molecular formula is C16H14BrNO6. The Balaban J connectivity index is 2.04. The smallest absolute Gasteiger partial charge is 0.326 e. The first kappa shape index (κ1) is 17.7. The van der Waals surface area contributed by atoms with E-state index >= 15 is 0 Å². The molecule has 1 unspecified atom stereocenters. The van der Waals surface area contributed by atoms with Crippen LogP contribution in [0, 0.1) is 0 Å². The number of carbonyl (C=O) groups excluding carboxylic acids is 2. The fourth-order valence-electron chi connectivity index (χ4n) is 1.96. The molecule has 0 spiro atoms. The van der Waals surface area contributed by atoms with E-state index in [-0.39, 0.29) is 12.2 Å². The van der Waals surface area contributed by atoms with Gasteiger partial charge in [0.1, 0.15) is 11.8 Å². The lowest BCUT2D eigenvalue weighted by atomic mass is 10.1. The maximum Gasteiger partial charge on any atom is 0.326 e. The van der Waals surface area contributed by atoms with E-state index in [0.717, 1.165) is 0 Å². The summed E-state index contributed by atoms with van der Waals surface area (Å²) in [6.07, 6.45) is 0.0727. The molecule has 1 amide bonds. The standard InChI is InChI=1S/C16H14BrNO6/c1-9(19)23-11-4-2-10(3-5-11)8-12(16(21)22)18-15(20)13-6-7-14(17)24-13/h2-7,12H,8H2,1H3,(H,18,20)(H,21,22). The number of benzene rings is 1. The topological polar surface area (TPSA) is 106 Å². The zero-order chi connectivity index (χ0) is 17.7. The average molecular weight is 396 g/mol. The van der Waals surface area contributed by atoms with Gasteiger partial charge in [0.05, 0.1) is 0 Å². The van der Waals surface area contributed by atoms with Crippen LogP contribution in [0.1, 0.15) is 23.0 Å². The number of halogens is 1. The summed E-state index contributed by atoms with van der Waals surface area (Å²) >= 11 is 3.07.